The van der Waals surface area contributed by atoms with Crippen molar-refractivity contribution in [1.82, 2.24) is 9.80 Å². The highest BCUT2D eigenvalue weighted by Gasteiger charge is 2.27. The van der Waals surface area contributed by atoms with Crippen LogP contribution in [0, 0.1) is 0 Å². The first kappa shape index (κ1) is 24.9. The maximum atomic E-state index is 13.7. The average Bonchev–Trinajstić information content (AvgIpc) is 2.95. The number of hydrogen-bond donors (Lipinski definition) is 0. The fraction of sp³-hybridized carbons (Fsp3) is 0.241. The minimum absolute atomic E-state index is 0.0812. The molecule has 1 saturated heterocycles. The molecule has 0 aromatic heterocycles. The van der Waals surface area contributed by atoms with Crippen molar-refractivity contribution in [3.05, 3.63) is 89.5 Å². The van der Waals surface area contributed by atoms with E-state index in [1.165, 1.54) is 0 Å². The Balaban J connectivity index is 1.53. The van der Waals surface area contributed by atoms with Crippen molar-refractivity contribution in [2.75, 3.05) is 47.5 Å². The maximum Gasteiger partial charge on any atom is 0.254 e. The zero-order valence-corrected chi connectivity index (χ0v) is 20.8. The van der Waals surface area contributed by atoms with Crippen molar-refractivity contribution < 1.29 is 23.8 Å². The van der Waals surface area contributed by atoms with E-state index in [0.29, 0.717) is 54.6 Å². The summed E-state index contributed by atoms with van der Waals surface area (Å²) in [6.45, 7) is 1.73. The fourth-order valence-electron chi connectivity index (χ4n) is 4.22. The molecule has 0 aliphatic carbocycles. The molecule has 7 heteroatoms. The second-order valence-electron chi connectivity index (χ2n) is 8.35. The molecule has 3 aromatic carbocycles. The molecule has 186 valence electrons. The highest BCUT2D eigenvalue weighted by atomic mass is 16.5. The molecule has 0 radical (unpaired) electrons. The lowest BCUT2D eigenvalue weighted by atomic mass is 10.0. The van der Waals surface area contributed by atoms with Crippen molar-refractivity contribution in [3.8, 4) is 17.2 Å². The monoisotopic (exact) mass is 486 g/mol. The van der Waals surface area contributed by atoms with Gasteiger partial charge < -0.3 is 24.0 Å². The van der Waals surface area contributed by atoms with E-state index < -0.39 is 0 Å². The molecule has 4 rings (SSSR count). The Morgan fingerprint density at radius 2 is 1.28 bits per heavy atom. The van der Waals surface area contributed by atoms with E-state index in [1.807, 2.05) is 60.7 Å². The summed E-state index contributed by atoms with van der Waals surface area (Å²) in [4.78, 5) is 30.4. The number of nitrogens with zero attached hydrogens (tertiary/aromatic N) is 2. The molecular formula is C29H30N2O5. The van der Waals surface area contributed by atoms with Gasteiger partial charge in [-0.05, 0) is 29.8 Å². The Kier molecular flexibility index (Phi) is 7.90. The largest absolute Gasteiger partial charge is 0.497 e. The van der Waals surface area contributed by atoms with Gasteiger partial charge in [0.1, 0.15) is 17.2 Å². The van der Waals surface area contributed by atoms with Gasteiger partial charge in [0, 0.05) is 48.9 Å². The first-order valence-corrected chi connectivity index (χ1v) is 11.8. The van der Waals surface area contributed by atoms with Gasteiger partial charge in [0.25, 0.3) is 11.8 Å². The molecule has 1 aliphatic heterocycles. The van der Waals surface area contributed by atoms with E-state index >= 15 is 0 Å². The highest BCUT2D eigenvalue weighted by molar-refractivity contribution is 6.24. The van der Waals surface area contributed by atoms with Crippen molar-refractivity contribution in [3.63, 3.8) is 0 Å². The molecule has 0 N–H and O–H groups in total. The fourth-order valence-corrected chi connectivity index (χ4v) is 4.22. The van der Waals surface area contributed by atoms with Crippen LogP contribution in [0.3, 0.4) is 0 Å². The minimum atomic E-state index is -0.118. The summed E-state index contributed by atoms with van der Waals surface area (Å²) in [6.07, 6.45) is 1.87. The lowest BCUT2D eigenvalue weighted by Crippen LogP contribution is -2.50. The number of carbonyl (C=O) groups excluding carboxylic acids is 2. The number of hydrogen-bond acceptors (Lipinski definition) is 5. The van der Waals surface area contributed by atoms with Gasteiger partial charge in [-0.1, -0.05) is 48.5 Å². The van der Waals surface area contributed by atoms with Gasteiger partial charge in [0.15, 0.2) is 0 Å². The number of benzene rings is 3. The lowest BCUT2D eigenvalue weighted by molar-refractivity contribution is -0.126. The van der Waals surface area contributed by atoms with Gasteiger partial charge in [-0.3, -0.25) is 9.59 Å². The van der Waals surface area contributed by atoms with Crippen LogP contribution in [0.25, 0.3) is 11.6 Å². The zero-order valence-electron chi connectivity index (χ0n) is 20.8. The Labute approximate surface area is 211 Å². The third kappa shape index (κ3) is 5.51. The van der Waals surface area contributed by atoms with Gasteiger partial charge >= 0.3 is 0 Å². The molecule has 3 aromatic rings. The van der Waals surface area contributed by atoms with Crippen LogP contribution in [-0.4, -0.2) is 69.1 Å². The summed E-state index contributed by atoms with van der Waals surface area (Å²) in [5.74, 6) is 1.61. The van der Waals surface area contributed by atoms with Crippen LogP contribution in [0.15, 0.2) is 72.8 Å². The molecular weight excluding hydrogens is 456 g/mol. The summed E-state index contributed by atoms with van der Waals surface area (Å²) in [5.41, 5.74) is 2.73. The molecule has 1 fully saturated rings. The van der Waals surface area contributed by atoms with Crippen LogP contribution in [-0.2, 0) is 4.79 Å². The van der Waals surface area contributed by atoms with Crippen LogP contribution in [0.2, 0.25) is 0 Å². The first-order valence-electron chi connectivity index (χ1n) is 11.8. The Morgan fingerprint density at radius 3 is 1.89 bits per heavy atom. The summed E-state index contributed by atoms with van der Waals surface area (Å²) in [5, 5.41) is 0. The molecule has 0 atom stereocenters. The van der Waals surface area contributed by atoms with Crippen LogP contribution in [0.4, 0.5) is 0 Å². The van der Waals surface area contributed by atoms with E-state index in [4.69, 9.17) is 14.2 Å². The molecule has 0 spiro atoms. The van der Waals surface area contributed by atoms with Gasteiger partial charge in [0.2, 0.25) is 0 Å². The molecule has 0 unspecified atom stereocenters. The van der Waals surface area contributed by atoms with E-state index in [-0.39, 0.29) is 11.8 Å². The number of piperazine rings is 1. The van der Waals surface area contributed by atoms with Gasteiger partial charge in [0.05, 0.1) is 21.3 Å². The standard InChI is InChI=1S/C29H30N2O5/c1-34-24-17-23(18-25(20-24)35-2)28(32)30-13-15-31(16-14-30)29(33)26(21-9-5-4-6-10-21)19-22-11-7-8-12-27(22)36-3/h4-12,17-20H,13-16H2,1-3H3. The van der Waals surface area contributed by atoms with Gasteiger partial charge in [-0.25, -0.2) is 0 Å². The van der Waals surface area contributed by atoms with Crippen LogP contribution in [0.1, 0.15) is 21.5 Å². The minimum Gasteiger partial charge on any atom is -0.497 e. The number of amides is 2. The summed E-state index contributed by atoms with van der Waals surface area (Å²) >= 11 is 0. The normalized spacial score (nSPS) is 13.8. The van der Waals surface area contributed by atoms with E-state index in [2.05, 4.69) is 0 Å². The molecule has 1 heterocycles. The number of ether oxygens (including phenoxy) is 3. The smallest absolute Gasteiger partial charge is 0.254 e. The predicted molar refractivity (Wildman–Crippen MR) is 139 cm³/mol. The van der Waals surface area contributed by atoms with E-state index in [1.54, 1.807) is 49.3 Å². The molecule has 36 heavy (non-hydrogen) atoms. The van der Waals surface area contributed by atoms with Gasteiger partial charge in [-0.15, -0.1) is 0 Å². The highest BCUT2D eigenvalue weighted by Crippen LogP contribution is 2.27. The van der Waals surface area contributed by atoms with Crippen molar-refractivity contribution in [2.45, 2.75) is 0 Å². The number of rotatable bonds is 7. The SMILES string of the molecule is COc1cc(OC)cc(C(=O)N2CCN(C(=O)C(=Cc3ccccc3OC)c3ccccc3)CC2)c1. The van der Waals surface area contributed by atoms with Gasteiger partial charge in [-0.2, -0.15) is 0 Å². The Bertz CT molecular complexity index is 1230. The zero-order chi connectivity index (χ0) is 25.5. The van der Waals surface area contributed by atoms with Crippen LogP contribution in [0.5, 0.6) is 17.2 Å². The molecule has 2 amide bonds. The molecule has 0 saturated carbocycles. The number of methoxy groups -OCH3 is 3. The molecule has 7 nitrogen and oxygen atoms in total. The van der Waals surface area contributed by atoms with Crippen molar-refractivity contribution >= 4 is 23.5 Å². The second-order valence-corrected chi connectivity index (χ2v) is 8.35. The quantitative estimate of drug-likeness (QED) is 0.369. The number of para-hydroxylation sites is 1. The summed E-state index contributed by atoms with van der Waals surface area (Å²) < 4.78 is 16.1. The van der Waals surface area contributed by atoms with Crippen molar-refractivity contribution in [2.24, 2.45) is 0 Å². The summed E-state index contributed by atoms with van der Waals surface area (Å²) in [7, 11) is 4.72. The Morgan fingerprint density at radius 1 is 0.694 bits per heavy atom. The van der Waals surface area contributed by atoms with E-state index in [0.717, 1.165) is 11.1 Å². The third-order valence-electron chi connectivity index (χ3n) is 6.21. The lowest BCUT2D eigenvalue weighted by Gasteiger charge is -2.35. The molecule has 1 aliphatic rings. The average molecular weight is 487 g/mol. The summed E-state index contributed by atoms with van der Waals surface area (Å²) in [6, 6.07) is 22.3. The maximum absolute atomic E-state index is 13.7. The van der Waals surface area contributed by atoms with Crippen molar-refractivity contribution in [1.29, 1.82) is 0 Å². The predicted octanol–water partition coefficient (Wildman–Crippen LogP) is 4.24. The molecule has 0 bridgehead atoms. The van der Waals surface area contributed by atoms with E-state index in [9.17, 15) is 9.59 Å². The second kappa shape index (κ2) is 11.4. The first-order chi connectivity index (χ1) is 17.5. The number of carbonyl (C=O) groups is 2. The Hall–Kier alpha value is -4.26. The van der Waals surface area contributed by atoms with Crippen LogP contribution < -0.4 is 14.2 Å². The third-order valence-corrected chi connectivity index (χ3v) is 6.21. The topological polar surface area (TPSA) is 68.3 Å². The van der Waals surface area contributed by atoms with Crippen LogP contribution >= 0.6 is 0 Å².